The molecule has 74 valence electrons. The van der Waals surface area contributed by atoms with Crippen LogP contribution in [0.5, 0.6) is 0 Å². The first-order chi connectivity index (χ1) is 6.10. The van der Waals surface area contributed by atoms with Gasteiger partial charge >= 0.3 is 5.97 Å². The summed E-state index contributed by atoms with van der Waals surface area (Å²) in [4.78, 5) is 10.6. The van der Waals surface area contributed by atoms with E-state index in [1.54, 1.807) is 0 Å². The number of rotatable bonds is 2. The molecule has 1 aliphatic carbocycles. The topological polar surface area (TPSA) is 38.8 Å². The third kappa shape index (κ3) is 1.85. The highest BCUT2D eigenvalue weighted by Crippen LogP contribution is 2.49. The number of fused-ring (bicyclic) bond motifs is 1. The minimum absolute atomic E-state index is 0.173. The van der Waals surface area contributed by atoms with Gasteiger partial charge in [0.1, 0.15) is 0 Å². The monoisotopic (exact) mass is 184 g/mol. The molecule has 0 aromatic carbocycles. The van der Waals surface area contributed by atoms with Gasteiger partial charge in [-0.1, -0.05) is 0 Å². The highest BCUT2D eigenvalue weighted by molar-refractivity contribution is 5.65. The van der Waals surface area contributed by atoms with Crippen molar-refractivity contribution in [3.05, 3.63) is 0 Å². The normalized spacial score (nSPS) is 42.3. The standard InChI is InChI=1S/C10H16O3/c1-7(11)12-6-8-3-4-10(2)9(5-8)13-10/h8-9H,3-6H2,1-2H3. The molecule has 13 heavy (non-hydrogen) atoms. The van der Waals surface area contributed by atoms with E-state index in [4.69, 9.17) is 9.47 Å². The molecule has 0 bridgehead atoms. The van der Waals surface area contributed by atoms with Gasteiger partial charge in [0.15, 0.2) is 0 Å². The Kier molecular flexibility index (Phi) is 2.06. The van der Waals surface area contributed by atoms with Crippen molar-refractivity contribution in [2.45, 2.75) is 44.8 Å². The smallest absolute Gasteiger partial charge is 0.302 e. The molecule has 0 radical (unpaired) electrons. The molecule has 3 unspecified atom stereocenters. The number of ether oxygens (including phenoxy) is 2. The summed E-state index contributed by atoms with van der Waals surface area (Å²) in [6.45, 7) is 4.20. The average molecular weight is 184 g/mol. The maximum absolute atomic E-state index is 10.6. The summed E-state index contributed by atoms with van der Waals surface area (Å²) in [7, 11) is 0. The van der Waals surface area contributed by atoms with Crippen molar-refractivity contribution in [3.63, 3.8) is 0 Å². The van der Waals surface area contributed by atoms with Crippen molar-refractivity contribution in [2.24, 2.45) is 5.92 Å². The Labute approximate surface area is 78.4 Å². The molecule has 3 atom stereocenters. The molecule has 2 fully saturated rings. The molecule has 2 aliphatic rings. The van der Waals surface area contributed by atoms with E-state index in [2.05, 4.69) is 6.92 Å². The summed E-state index contributed by atoms with van der Waals surface area (Å²) in [5.74, 6) is 0.342. The third-order valence-corrected chi connectivity index (χ3v) is 3.15. The van der Waals surface area contributed by atoms with Crippen LogP contribution in [0, 0.1) is 5.92 Å². The first-order valence-electron chi connectivity index (χ1n) is 4.91. The largest absolute Gasteiger partial charge is 0.466 e. The van der Waals surface area contributed by atoms with Crippen LogP contribution in [0.15, 0.2) is 0 Å². The van der Waals surface area contributed by atoms with Crippen molar-refractivity contribution in [2.75, 3.05) is 6.61 Å². The van der Waals surface area contributed by atoms with Crippen molar-refractivity contribution < 1.29 is 14.3 Å². The van der Waals surface area contributed by atoms with Gasteiger partial charge in [0.2, 0.25) is 0 Å². The lowest BCUT2D eigenvalue weighted by Crippen LogP contribution is -2.24. The Bertz CT molecular complexity index is 226. The number of hydrogen-bond donors (Lipinski definition) is 0. The van der Waals surface area contributed by atoms with Gasteiger partial charge in [0, 0.05) is 6.92 Å². The lowest BCUT2D eigenvalue weighted by atomic mass is 9.83. The number of epoxide rings is 1. The number of carbonyl (C=O) groups excluding carboxylic acids is 1. The second-order valence-electron chi connectivity index (χ2n) is 4.36. The van der Waals surface area contributed by atoms with Crippen molar-refractivity contribution >= 4 is 5.97 Å². The zero-order valence-corrected chi connectivity index (χ0v) is 8.21. The van der Waals surface area contributed by atoms with Crippen LogP contribution in [0.4, 0.5) is 0 Å². The molecule has 1 saturated heterocycles. The second-order valence-corrected chi connectivity index (χ2v) is 4.36. The third-order valence-electron chi connectivity index (χ3n) is 3.15. The van der Waals surface area contributed by atoms with Gasteiger partial charge in [-0.3, -0.25) is 4.79 Å². The Hall–Kier alpha value is -0.570. The SMILES string of the molecule is CC(=O)OCC1CCC2(C)OC2C1. The predicted molar refractivity (Wildman–Crippen MR) is 47.3 cm³/mol. The summed E-state index contributed by atoms with van der Waals surface area (Å²) < 4.78 is 10.5. The number of hydrogen-bond acceptors (Lipinski definition) is 3. The Morgan fingerprint density at radius 2 is 2.46 bits per heavy atom. The molecule has 3 nitrogen and oxygen atoms in total. The molecular formula is C10H16O3. The van der Waals surface area contributed by atoms with Crippen molar-refractivity contribution in [1.29, 1.82) is 0 Å². The minimum Gasteiger partial charge on any atom is -0.466 e. The molecule has 1 aliphatic heterocycles. The Balaban J connectivity index is 1.75. The lowest BCUT2D eigenvalue weighted by Gasteiger charge is -2.21. The van der Waals surface area contributed by atoms with Crippen LogP contribution in [-0.2, 0) is 14.3 Å². The molecule has 1 saturated carbocycles. The van der Waals surface area contributed by atoms with Gasteiger partial charge in [0.25, 0.3) is 0 Å². The van der Waals surface area contributed by atoms with Crippen molar-refractivity contribution in [3.8, 4) is 0 Å². The first kappa shape index (κ1) is 9.00. The molecule has 0 aromatic heterocycles. The van der Waals surface area contributed by atoms with Gasteiger partial charge in [-0.2, -0.15) is 0 Å². The van der Waals surface area contributed by atoms with Gasteiger partial charge in [-0.25, -0.2) is 0 Å². The highest BCUT2D eigenvalue weighted by atomic mass is 16.6. The summed E-state index contributed by atoms with van der Waals surface area (Å²) >= 11 is 0. The summed E-state index contributed by atoms with van der Waals surface area (Å²) in [5.41, 5.74) is 0.173. The zero-order chi connectivity index (χ0) is 9.47. The fourth-order valence-electron chi connectivity index (χ4n) is 2.11. The van der Waals surface area contributed by atoms with E-state index in [0.717, 1.165) is 19.3 Å². The predicted octanol–water partition coefficient (Wildman–Crippen LogP) is 1.51. The fourth-order valence-corrected chi connectivity index (χ4v) is 2.11. The average Bonchev–Trinajstić information content (AvgIpc) is 2.72. The van der Waals surface area contributed by atoms with Crippen molar-refractivity contribution in [1.82, 2.24) is 0 Å². The molecule has 0 amide bonds. The molecule has 0 N–H and O–H groups in total. The molecule has 1 heterocycles. The van der Waals surface area contributed by atoms with Gasteiger partial charge < -0.3 is 9.47 Å². The van der Waals surface area contributed by atoms with Crippen LogP contribution >= 0.6 is 0 Å². The van der Waals surface area contributed by atoms with E-state index in [0.29, 0.717) is 18.6 Å². The highest BCUT2D eigenvalue weighted by Gasteiger charge is 2.55. The number of carbonyl (C=O) groups is 1. The van der Waals surface area contributed by atoms with E-state index in [1.165, 1.54) is 6.92 Å². The van der Waals surface area contributed by atoms with Crippen LogP contribution in [0.3, 0.4) is 0 Å². The second kappa shape index (κ2) is 2.98. The Morgan fingerprint density at radius 1 is 1.69 bits per heavy atom. The quantitative estimate of drug-likeness (QED) is 0.482. The van der Waals surface area contributed by atoms with E-state index in [-0.39, 0.29) is 11.6 Å². The molecule has 3 heteroatoms. The van der Waals surface area contributed by atoms with Crippen LogP contribution < -0.4 is 0 Å². The maximum atomic E-state index is 10.6. The molecular weight excluding hydrogens is 168 g/mol. The van der Waals surface area contributed by atoms with E-state index in [9.17, 15) is 4.79 Å². The van der Waals surface area contributed by atoms with Gasteiger partial charge in [-0.15, -0.1) is 0 Å². The van der Waals surface area contributed by atoms with Crippen LogP contribution in [0.1, 0.15) is 33.1 Å². The number of esters is 1. The lowest BCUT2D eigenvalue weighted by molar-refractivity contribution is -0.142. The maximum Gasteiger partial charge on any atom is 0.302 e. The zero-order valence-electron chi connectivity index (χ0n) is 8.21. The minimum atomic E-state index is -0.176. The van der Waals surface area contributed by atoms with Crippen LogP contribution in [0.2, 0.25) is 0 Å². The molecule has 2 rings (SSSR count). The van der Waals surface area contributed by atoms with Gasteiger partial charge in [0.05, 0.1) is 18.3 Å². The van der Waals surface area contributed by atoms with Gasteiger partial charge in [-0.05, 0) is 32.1 Å². The molecule has 0 spiro atoms. The summed E-state index contributed by atoms with van der Waals surface area (Å²) in [5, 5.41) is 0. The van der Waals surface area contributed by atoms with Crippen LogP contribution in [-0.4, -0.2) is 24.3 Å². The summed E-state index contributed by atoms with van der Waals surface area (Å²) in [6, 6.07) is 0. The summed E-state index contributed by atoms with van der Waals surface area (Å²) in [6.07, 6.45) is 3.73. The fraction of sp³-hybridized carbons (Fsp3) is 0.900. The van der Waals surface area contributed by atoms with Crippen LogP contribution in [0.25, 0.3) is 0 Å². The van der Waals surface area contributed by atoms with E-state index < -0.39 is 0 Å². The Morgan fingerprint density at radius 3 is 3.08 bits per heavy atom. The molecule has 0 aromatic rings. The first-order valence-corrected chi connectivity index (χ1v) is 4.91. The van der Waals surface area contributed by atoms with E-state index in [1.807, 2.05) is 0 Å². The van der Waals surface area contributed by atoms with E-state index >= 15 is 0 Å².